The number of allylic oxidation sites excluding steroid dienone is 2. The van der Waals surface area contributed by atoms with Gasteiger partial charge < -0.3 is 0 Å². The van der Waals surface area contributed by atoms with Crippen LogP contribution in [0.5, 0.6) is 0 Å². The van der Waals surface area contributed by atoms with Gasteiger partial charge in [0.15, 0.2) is 0 Å². The van der Waals surface area contributed by atoms with Gasteiger partial charge in [0.2, 0.25) is 0 Å². The highest BCUT2D eigenvalue weighted by atomic mass is 19.4. The first-order chi connectivity index (χ1) is 11.4. The van der Waals surface area contributed by atoms with Gasteiger partial charge in [0.1, 0.15) is 5.83 Å². The first kappa shape index (κ1) is 19.0. The maximum atomic E-state index is 13.6. The summed E-state index contributed by atoms with van der Waals surface area (Å²) in [5, 5.41) is 0. The van der Waals surface area contributed by atoms with E-state index in [1.807, 2.05) is 0 Å². The second kappa shape index (κ2) is 8.68. The summed E-state index contributed by atoms with van der Waals surface area (Å²) in [5.41, 5.74) is 2.66. The van der Waals surface area contributed by atoms with Crippen LogP contribution in [0.2, 0.25) is 0 Å². The molecule has 1 aliphatic rings. The highest BCUT2D eigenvalue weighted by Crippen LogP contribution is 2.37. The van der Waals surface area contributed by atoms with Gasteiger partial charge in [0, 0.05) is 5.92 Å². The molecule has 0 unspecified atom stereocenters. The maximum Gasteiger partial charge on any atom is 0.412 e. The van der Waals surface area contributed by atoms with E-state index < -0.39 is 17.9 Å². The number of benzene rings is 1. The Balaban J connectivity index is 1.76. The van der Waals surface area contributed by atoms with Crippen molar-refractivity contribution in [3.05, 3.63) is 47.3 Å². The Bertz CT molecular complexity index is 520. The molecule has 4 heteroatoms. The molecule has 0 amide bonds. The molecule has 134 valence electrons. The molecule has 0 aromatic heterocycles. The third kappa shape index (κ3) is 6.29. The van der Waals surface area contributed by atoms with E-state index in [9.17, 15) is 17.6 Å². The highest BCUT2D eigenvalue weighted by Gasteiger charge is 2.30. The molecule has 1 saturated carbocycles. The summed E-state index contributed by atoms with van der Waals surface area (Å²) >= 11 is 0. The summed E-state index contributed by atoms with van der Waals surface area (Å²) in [6, 6.07) is 8.69. The Morgan fingerprint density at radius 2 is 1.54 bits per heavy atom. The molecule has 0 atom stereocenters. The van der Waals surface area contributed by atoms with E-state index in [1.165, 1.54) is 11.1 Å². The molecule has 0 N–H and O–H groups in total. The van der Waals surface area contributed by atoms with Crippen LogP contribution >= 0.6 is 0 Å². The van der Waals surface area contributed by atoms with E-state index in [-0.39, 0.29) is 6.08 Å². The van der Waals surface area contributed by atoms with Crippen LogP contribution in [0.3, 0.4) is 0 Å². The Kier molecular flexibility index (Phi) is 6.88. The molecule has 0 spiro atoms. The predicted molar refractivity (Wildman–Crippen MR) is 89.5 cm³/mol. The van der Waals surface area contributed by atoms with Crippen LogP contribution in [0.4, 0.5) is 17.6 Å². The van der Waals surface area contributed by atoms with Crippen molar-refractivity contribution in [2.24, 2.45) is 11.8 Å². The molecule has 0 nitrogen and oxygen atoms in total. The summed E-state index contributed by atoms with van der Waals surface area (Å²) in [6.45, 7) is 2.16. The van der Waals surface area contributed by atoms with Crippen molar-refractivity contribution in [3.63, 3.8) is 0 Å². The Morgan fingerprint density at radius 1 is 1.00 bits per heavy atom. The normalized spacial score (nSPS) is 22.6. The van der Waals surface area contributed by atoms with Crippen LogP contribution in [0, 0.1) is 11.8 Å². The zero-order valence-electron chi connectivity index (χ0n) is 14.2. The molecule has 0 heterocycles. The van der Waals surface area contributed by atoms with Gasteiger partial charge in [-0.1, -0.05) is 37.6 Å². The lowest BCUT2D eigenvalue weighted by Gasteiger charge is -2.27. The number of hydrogen-bond donors (Lipinski definition) is 0. The topological polar surface area (TPSA) is 0 Å². The SMILES string of the molecule is CCCc1ccc(CCC2CCC(C(F)=CC(F)(F)F)CC2)cc1. The number of alkyl halides is 3. The summed E-state index contributed by atoms with van der Waals surface area (Å²) in [7, 11) is 0. The van der Waals surface area contributed by atoms with Crippen LogP contribution in [0.15, 0.2) is 36.2 Å². The molecule has 0 saturated heterocycles. The first-order valence-corrected chi connectivity index (χ1v) is 8.90. The second-order valence-corrected chi connectivity index (χ2v) is 6.89. The largest absolute Gasteiger partial charge is 0.412 e. The van der Waals surface area contributed by atoms with Gasteiger partial charge in [0.25, 0.3) is 0 Å². The number of hydrogen-bond acceptors (Lipinski definition) is 0. The van der Waals surface area contributed by atoms with E-state index in [0.29, 0.717) is 18.8 Å². The van der Waals surface area contributed by atoms with Crippen molar-refractivity contribution in [1.82, 2.24) is 0 Å². The highest BCUT2D eigenvalue weighted by molar-refractivity contribution is 5.22. The van der Waals surface area contributed by atoms with E-state index in [0.717, 1.165) is 38.5 Å². The number of rotatable bonds is 6. The standard InChI is InChI=1S/C20H26F4/c1-2-3-15-4-6-16(7-5-15)8-9-17-10-12-18(13-11-17)19(21)14-20(22,23)24/h4-7,14,17-18H,2-3,8-13H2,1H3. The van der Waals surface area contributed by atoms with Crippen molar-refractivity contribution in [2.75, 3.05) is 0 Å². The summed E-state index contributed by atoms with van der Waals surface area (Å²) < 4.78 is 50.2. The lowest BCUT2D eigenvalue weighted by atomic mass is 9.79. The molecule has 1 aliphatic carbocycles. The predicted octanol–water partition coefficient (Wildman–Crippen LogP) is 6.79. The maximum absolute atomic E-state index is 13.6. The van der Waals surface area contributed by atoms with Gasteiger partial charge in [-0.25, -0.2) is 4.39 Å². The monoisotopic (exact) mass is 342 g/mol. The summed E-state index contributed by atoms with van der Waals surface area (Å²) in [5.74, 6) is -1.04. The molecule has 1 aromatic rings. The first-order valence-electron chi connectivity index (χ1n) is 8.90. The minimum Gasteiger partial charge on any atom is -0.212 e. The van der Waals surface area contributed by atoms with Crippen molar-refractivity contribution < 1.29 is 17.6 Å². The second-order valence-electron chi connectivity index (χ2n) is 6.89. The van der Waals surface area contributed by atoms with Crippen molar-refractivity contribution >= 4 is 0 Å². The van der Waals surface area contributed by atoms with Crippen molar-refractivity contribution in [1.29, 1.82) is 0 Å². The third-order valence-corrected chi connectivity index (χ3v) is 4.94. The smallest absolute Gasteiger partial charge is 0.212 e. The van der Waals surface area contributed by atoms with Crippen LogP contribution in [0.1, 0.15) is 56.6 Å². The van der Waals surface area contributed by atoms with Gasteiger partial charge in [-0.15, -0.1) is 0 Å². The van der Waals surface area contributed by atoms with E-state index in [1.54, 1.807) is 0 Å². The molecular weight excluding hydrogens is 316 g/mol. The minimum atomic E-state index is -4.55. The fraction of sp³-hybridized carbons (Fsp3) is 0.600. The molecule has 24 heavy (non-hydrogen) atoms. The van der Waals surface area contributed by atoms with E-state index in [2.05, 4.69) is 31.2 Å². The summed E-state index contributed by atoms with van der Waals surface area (Å²) in [4.78, 5) is 0. The fourth-order valence-electron chi connectivity index (χ4n) is 3.53. The molecule has 0 bridgehead atoms. The number of halogens is 4. The van der Waals surface area contributed by atoms with Crippen molar-refractivity contribution in [3.8, 4) is 0 Å². The summed E-state index contributed by atoms with van der Waals surface area (Å²) in [6.07, 6.45) is 2.23. The van der Waals surface area contributed by atoms with Crippen molar-refractivity contribution in [2.45, 2.75) is 64.5 Å². The average Bonchev–Trinajstić information content (AvgIpc) is 2.53. The van der Waals surface area contributed by atoms with E-state index in [4.69, 9.17) is 0 Å². The quantitative estimate of drug-likeness (QED) is 0.499. The van der Waals surface area contributed by atoms with Crippen LogP contribution in [-0.4, -0.2) is 6.18 Å². The molecule has 1 fully saturated rings. The Hall–Kier alpha value is -1.32. The lowest BCUT2D eigenvalue weighted by Crippen LogP contribution is -2.17. The van der Waals surface area contributed by atoms with Gasteiger partial charge in [-0.3, -0.25) is 0 Å². The van der Waals surface area contributed by atoms with Gasteiger partial charge in [-0.2, -0.15) is 13.2 Å². The van der Waals surface area contributed by atoms with Gasteiger partial charge >= 0.3 is 6.18 Å². The molecule has 1 aromatic carbocycles. The molecular formula is C20H26F4. The average molecular weight is 342 g/mol. The zero-order valence-corrected chi connectivity index (χ0v) is 14.2. The Labute approximate surface area is 142 Å². The minimum absolute atomic E-state index is 0.171. The van der Waals surface area contributed by atoms with Crippen LogP contribution in [-0.2, 0) is 12.8 Å². The lowest BCUT2D eigenvalue weighted by molar-refractivity contribution is -0.0821. The zero-order chi connectivity index (χ0) is 17.6. The third-order valence-electron chi connectivity index (χ3n) is 4.94. The fourth-order valence-corrected chi connectivity index (χ4v) is 3.53. The Morgan fingerprint density at radius 3 is 2.04 bits per heavy atom. The molecule has 0 radical (unpaired) electrons. The van der Waals surface area contributed by atoms with Crippen LogP contribution in [0.25, 0.3) is 0 Å². The van der Waals surface area contributed by atoms with Gasteiger partial charge in [-0.05, 0) is 62.0 Å². The van der Waals surface area contributed by atoms with Gasteiger partial charge in [0.05, 0.1) is 6.08 Å². The van der Waals surface area contributed by atoms with E-state index >= 15 is 0 Å². The number of aryl methyl sites for hydroxylation is 2. The molecule has 0 aliphatic heterocycles. The molecule has 2 rings (SSSR count). The van der Waals surface area contributed by atoms with Crippen LogP contribution < -0.4 is 0 Å².